The smallest absolute Gasteiger partial charge is 0.254 e. The van der Waals surface area contributed by atoms with Crippen molar-refractivity contribution in [3.63, 3.8) is 0 Å². The maximum absolute atomic E-state index is 12.3. The van der Waals surface area contributed by atoms with Gasteiger partial charge in [0, 0.05) is 16.7 Å². The Kier molecular flexibility index (Phi) is 6.16. The van der Waals surface area contributed by atoms with Crippen LogP contribution in [0.1, 0.15) is 23.2 Å². The lowest BCUT2D eigenvalue weighted by Crippen LogP contribution is -2.33. The van der Waals surface area contributed by atoms with Gasteiger partial charge in [-0.2, -0.15) is 10.5 Å². The van der Waals surface area contributed by atoms with Crippen LogP contribution in [-0.4, -0.2) is 23.9 Å². The van der Waals surface area contributed by atoms with Crippen LogP contribution in [0.5, 0.6) is 0 Å². The van der Waals surface area contributed by atoms with Crippen molar-refractivity contribution in [3.8, 4) is 12.1 Å². The van der Waals surface area contributed by atoms with Crippen LogP contribution >= 0.6 is 22.6 Å². The molecule has 0 atom stereocenters. The predicted octanol–water partition coefficient (Wildman–Crippen LogP) is 2.56. The minimum Gasteiger partial charge on any atom is -0.337 e. The van der Waals surface area contributed by atoms with Crippen LogP contribution in [0, 0.1) is 26.2 Å². The van der Waals surface area contributed by atoms with Gasteiger partial charge in [0.05, 0.1) is 30.5 Å². The summed E-state index contributed by atoms with van der Waals surface area (Å²) in [6.45, 7) is 0.726. The number of carbonyl (C=O) groups excluding carboxylic acids is 1. The Morgan fingerprint density at radius 1 is 1.17 bits per heavy atom. The van der Waals surface area contributed by atoms with Crippen LogP contribution in [0.2, 0.25) is 0 Å². The first-order valence-electron chi connectivity index (χ1n) is 5.48. The van der Waals surface area contributed by atoms with Crippen LogP contribution in [0.15, 0.2) is 24.3 Å². The minimum atomic E-state index is -0.120. The molecular formula is C13H12IN3O. The molecule has 0 fully saturated rings. The molecule has 0 N–H and O–H groups in total. The number of benzene rings is 1. The Morgan fingerprint density at radius 2 is 1.72 bits per heavy atom. The van der Waals surface area contributed by atoms with Crippen LogP contribution in [0.3, 0.4) is 0 Å². The third-order valence-corrected chi connectivity index (χ3v) is 3.32. The molecule has 0 spiro atoms. The van der Waals surface area contributed by atoms with E-state index >= 15 is 0 Å². The van der Waals surface area contributed by atoms with Gasteiger partial charge in [0.2, 0.25) is 0 Å². The minimum absolute atomic E-state index is 0.120. The fourth-order valence-electron chi connectivity index (χ4n) is 1.49. The van der Waals surface area contributed by atoms with Gasteiger partial charge in [0.1, 0.15) is 0 Å². The van der Waals surface area contributed by atoms with Gasteiger partial charge in [0.25, 0.3) is 5.91 Å². The molecule has 0 saturated heterocycles. The molecule has 0 heterocycles. The van der Waals surface area contributed by atoms with Gasteiger partial charge in [-0.3, -0.25) is 4.79 Å². The summed E-state index contributed by atoms with van der Waals surface area (Å²) in [6, 6.07) is 11.3. The maximum atomic E-state index is 12.3. The zero-order valence-electron chi connectivity index (χ0n) is 9.77. The summed E-state index contributed by atoms with van der Waals surface area (Å²) in [5.74, 6) is -0.120. The fraction of sp³-hybridized carbons (Fsp3) is 0.308. The second kappa shape index (κ2) is 7.67. The normalized spacial score (nSPS) is 9.28. The highest BCUT2D eigenvalue weighted by Gasteiger charge is 2.17. The highest BCUT2D eigenvalue weighted by atomic mass is 127. The summed E-state index contributed by atoms with van der Waals surface area (Å²) in [6.07, 6.45) is 0.557. The molecule has 1 aromatic carbocycles. The summed E-state index contributed by atoms with van der Waals surface area (Å²) in [5, 5.41) is 17.2. The average molecular weight is 353 g/mol. The van der Waals surface area contributed by atoms with Crippen LogP contribution in [0.25, 0.3) is 0 Å². The highest BCUT2D eigenvalue weighted by Crippen LogP contribution is 2.14. The molecule has 0 unspecified atom stereocenters. The number of halogens is 1. The summed E-state index contributed by atoms with van der Waals surface area (Å²) in [5.41, 5.74) is 0.619. The molecule has 0 aliphatic heterocycles. The molecule has 1 rings (SSSR count). The lowest BCUT2D eigenvalue weighted by molar-refractivity contribution is 0.0761. The number of nitriles is 2. The summed E-state index contributed by atoms with van der Waals surface area (Å²) >= 11 is 2.11. The number of hydrogen-bond donors (Lipinski definition) is 0. The maximum Gasteiger partial charge on any atom is 0.254 e. The fourth-order valence-corrected chi connectivity index (χ4v) is 2.11. The van der Waals surface area contributed by atoms with Gasteiger partial charge in [-0.05, 0) is 34.7 Å². The Balaban J connectivity index is 2.85. The van der Waals surface area contributed by atoms with Gasteiger partial charge in [-0.1, -0.05) is 12.1 Å². The molecule has 0 aliphatic rings. The van der Waals surface area contributed by atoms with Crippen molar-refractivity contribution in [3.05, 3.63) is 33.4 Å². The van der Waals surface area contributed by atoms with E-state index in [0.717, 1.165) is 3.57 Å². The number of carbonyl (C=O) groups is 1. The first-order valence-corrected chi connectivity index (χ1v) is 6.56. The van der Waals surface area contributed by atoms with Gasteiger partial charge in [-0.25, -0.2) is 0 Å². The molecule has 18 heavy (non-hydrogen) atoms. The number of nitrogens with zero attached hydrogens (tertiary/aromatic N) is 3. The van der Waals surface area contributed by atoms with Crippen molar-refractivity contribution >= 4 is 28.5 Å². The molecule has 0 radical (unpaired) electrons. The molecule has 1 aromatic rings. The van der Waals surface area contributed by atoms with E-state index in [1.807, 2.05) is 30.3 Å². The number of amides is 1. The Morgan fingerprint density at radius 3 is 2.22 bits per heavy atom. The van der Waals surface area contributed by atoms with Gasteiger partial charge in [0.15, 0.2) is 0 Å². The Hall–Kier alpha value is -1.60. The molecule has 0 saturated carbocycles. The van der Waals surface area contributed by atoms with E-state index in [1.165, 1.54) is 0 Å². The van der Waals surface area contributed by atoms with E-state index in [9.17, 15) is 4.79 Å². The van der Waals surface area contributed by atoms with E-state index in [1.54, 1.807) is 11.0 Å². The van der Waals surface area contributed by atoms with Gasteiger partial charge in [-0.15, -0.1) is 0 Å². The van der Waals surface area contributed by atoms with Gasteiger partial charge >= 0.3 is 0 Å². The van der Waals surface area contributed by atoms with E-state index < -0.39 is 0 Å². The van der Waals surface area contributed by atoms with Crippen molar-refractivity contribution in [2.24, 2.45) is 0 Å². The summed E-state index contributed by atoms with van der Waals surface area (Å²) in [7, 11) is 0. The Bertz CT molecular complexity index is 484. The lowest BCUT2D eigenvalue weighted by Gasteiger charge is -2.20. The molecule has 0 aromatic heterocycles. The molecule has 0 bridgehead atoms. The zero-order valence-corrected chi connectivity index (χ0v) is 11.9. The second-order valence-corrected chi connectivity index (χ2v) is 4.75. The zero-order chi connectivity index (χ0) is 13.4. The first kappa shape index (κ1) is 14.5. The molecule has 4 nitrogen and oxygen atoms in total. The van der Waals surface area contributed by atoms with Crippen molar-refractivity contribution < 1.29 is 4.79 Å². The van der Waals surface area contributed by atoms with E-state index in [4.69, 9.17) is 10.5 Å². The third kappa shape index (κ3) is 4.01. The summed E-state index contributed by atoms with van der Waals surface area (Å²) in [4.78, 5) is 13.8. The van der Waals surface area contributed by atoms with Gasteiger partial charge < -0.3 is 4.90 Å². The first-order chi connectivity index (χ1) is 8.70. The largest absolute Gasteiger partial charge is 0.337 e. The molecule has 5 heteroatoms. The third-order valence-electron chi connectivity index (χ3n) is 2.38. The Labute approximate surface area is 120 Å². The van der Waals surface area contributed by atoms with Crippen LogP contribution < -0.4 is 0 Å². The molecule has 0 aliphatic carbocycles. The summed E-state index contributed by atoms with van der Waals surface area (Å²) < 4.78 is 0.874. The highest BCUT2D eigenvalue weighted by molar-refractivity contribution is 14.1. The number of rotatable bonds is 5. The van der Waals surface area contributed by atoms with E-state index in [-0.39, 0.29) is 18.7 Å². The molecular weight excluding hydrogens is 341 g/mol. The second-order valence-electron chi connectivity index (χ2n) is 3.59. The van der Waals surface area contributed by atoms with E-state index in [0.29, 0.717) is 18.7 Å². The van der Waals surface area contributed by atoms with Crippen LogP contribution in [0.4, 0.5) is 0 Å². The molecule has 92 valence electrons. The lowest BCUT2D eigenvalue weighted by atomic mass is 10.2. The average Bonchev–Trinajstić information content (AvgIpc) is 2.39. The standard InChI is InChI=1S/C13H12IN3O/c14-12-6-2-1-5-11(12)13(18)17(9-3-7-15)10-4-8-16/h1-2,5-6H,3-4,9-10H2. The quantitative estimate of drug-likeness (QED) is 0.764. The monoisotopic (exact) mass is 353 g/mol. The topological polar surface area (TPSA) is 67.9 Å². The van der Waals surface area contributed by atoms with Crippen LogP contribution in [-0.2, 0) is 0 Å². The van der Waals surface area contributed by atoms with Crippen molar-refractivity contribution in [2.75, 3.05) is 13.1 Å². The predicted molar refractivity (Wildman–Crippen MR) is 75.5 cm³/mol. The van der Waals surface area contributed by atoms with Crippen molar-refractivity contribution in [2.45, 2.75) is 12.8 Å². The van der Waals surface area contributed by atoms with Crippen molar-refractivity contribution in [1.82, 2.24) is 4.90 Å². The SMILES string of the molecule is N#CCCN(CCC#N)C(=O)c1ccccc1I. The van der Waals surface area contributed by atoms with E-state index in [2.05, 4.69) is 22.6 Å². The molecule has 1 amide bonds. The number of hydrogen-bond acceptors (Lipinski definition) is 3. The van der Waals surface area contributed by atoms with Crippen molar-refractivity contribution in [1.29, 1.82) is 10.5 Å².